The van der Waals surface area contributed by atoms with Gasteiger partial charge in [0.25, 0.3) is 0 Å². The molecule has 0 aromatic heterocycles. The summed E-state index contributed by atoms with van der Waals surface area (Å²) in [6, 6.07) is 29.4. The van der Waals surface area contributed by atoms with Crippen LogP contribution in [0.1, 0.15) is 30.5 Å². The summed E-state index contributed by atoms with van der Waals surface area (Å²) in [5, 5.41) is 7.11. The first-order valence-corrected chi connectivity index (χ1v) is 9.05. The van der Waals surface area contributed by atoms with Crippen LogP contribution in [0.5, 0.6) is 5.75 Å². The van der Waals surface area contributed by atoms with Gasteiger partial charge in [-0.15, -0.1) is 0 Å². The van der Waals surface area contributed by atoms with Gasteiger partial charge in [-0.1, -0.05) is 48.5 Å². The third kappa shape index (κ3) is 3.33. The summed E-state index contributed by atoms with van der Waals surface area (Å²) in [5.41, 5.74) is 4.64. The Morgan fingerprint density at radius 3 is 2.19 bits per heavy atom. The normalized spacial score (nSPS) is 16.4. The van der Waals surface area contributed by atoms with Crippen molar-refractivity contribution in [2.75, 3.05) is 11.6 Å². The van der Waals surface area contributed by atoms with Crippen molar-refractivity contribution in [1.82, 2.24) is 0 Å². The van der Waals surface area contributed by atoms with Crippen LogP contribution >= 0.6 is 0 Å². The summed E-state index contributed by atoms with van der Waals surface area (Å²) < 4.78 is 5.55. The van der Waals surface area contributed by atoms with Crippen molar-refractivity contribution in [3.8, 4) is 5.75 Å². The van der Waals surface area contributed by atoms with Crippen LogP contribution in [0.15, 0.2) is 90.0 Å². The molecule has 0 radical (unpaired) electrons. The molecule has 130 valence electrons. The lowest BCUT2D eigenvalue weighted by molar-refractivity contribution is 0.340. The zero-order valence-electron chi connectivity index (χ0n) is 14.9. The Morgan fingerprint density at radius 2 is 1.54 bits per heavy atom. The van der Waals surface area contributed by atoms with E-state index in [0.29, 0.717) is 6.61 Å². The molecule has 3 nitrogen and oxygen atoms in total. The second-order valence-electron chi connectivity index (χ2n) is 6.31. The van der Waals surface area contributed by atoms with Gasteiger partial charge in [0, 0.05) is 6.42 Å². The first-order chi connectivity index (χ1) is 12.8. The standard InChI is InChI=1S/C23H22N2O/c1-2-26-21-15-13-18(14-16-21)22-17-23(19-9-5-3-6-10-19)25(24-22)20-11-7-4-8-12-20/h3-16,23H,2,17H2,1H3/t23-/m0/s1. The fraction of sp³-hybridized carbons (Fsp3) is 0.174. The van der Waals surface area contributed by atoms with Gasteiger partial charge in [0.05, 0.1) is 24.0 Å². The number of hydrogen-bond donors (Lipinski definition) is 0. The third-order valence-corrected chi connectivity index (χ3v) is 4.61. The number of para-hydroxylation sites is 1. The Morgan fingerprint density at radius 1 is 0.885 bits per heavy atom. The molecule has 0 amide bonds. The molecule has 3 aromatic carbocycles. The third-order valence-electron chi connectivity index (χ3n) is 4.61. The van der Waals surface area contributed by atoms with E-state index in [-0.39, 0.29) is 6.04 Å². The molecule has 0 unspecified atom stereocenters. The van der Waals surface area contributed by atoms with E-state index in [2.05, 4.69) is 71.7 Å². The second-order valence-corrected chi connectivity index (χ2v) is 6.31. The lowest BCUT2D eigenvalue weighted by atomic mass is 9.98. The molecule has 0 bridgehead atoms. The van der Waals surface area contributed by atoms with E-state index in [1.54, 1.807) is 0 Å². The predicted molar refractivity (Wildman–Crippen MR) is 107 cm³/mol. The molecule has 0 N–H and O–H groups in total. The zero-order chi connectivity index (χ0) is 17.8. The van der Waals surface area contributed by atoms with Crippen molar-refractivity contribution in [2.24, 2.45) is 5.10 Å². The Kier molecular flexibility index (Phi) is 4.69. The highest BCUT2D eigenvalue weighted by Gasteiger charge is 2.29. The Balaban J connectivity index is 1.68. The van der Waals surface area contributed by atoms with Crippen molar-refractivity contribution < 1.29 is 4.74 Å². The molecule has 26 heavy (non-hydrogen) atoms. The van der Waals surface area contributed by atoms with Gasteiger partial charge in [-0.05, 0) is 54.4 Å². The van der Waals surface area contributed by atoms with Gasteiger partial charge in [0.15, 0.2) is 0 Å². The number of hydrazone groups is 1. The Labute approximate surface area is 154 Å². The van der Waals surface area contributed by atoms with E-state index in [0.717, 1.165) is 29.1 Å². The highest BCUT2D eigenvalue weighted by atomic mass is 16.5. The average Bonchev–Trinajstić information content (AvgIpc) is 3.16. The van der Waals surface area contributed by atoms with Crippen LogP contribution in [-0.4, -0.2) is 12.3 Å². The lowest BCUT2D eigenvalue weighted by Crippen LogP contribution is -2.18. The van der Waals surface area contributed by atoms with E-state index in [9.17, 15) is 0 Å². The lowest BCUT2D eigenvalue weighted by Gasteiger charge is -2.23. The van der Waals surface area contributed by atoms with Gasteiger partial charge in [-0.25, -0.2) is 0 Å². The van der Waals surface area contributed by atoms with Crippen LogP contribution in [0.3, 0.4) is 0 Å². The van der Waals surface area contributed by atoms with Crippen LogP contribution in [-0.2, 0) is 0 Å². The topological polar surface area (TPSA) is 24.8 Å². The number of hydrogen-bond acceptors (Lipinski definition) is 3. The minimum Gasteiger partial charge on any atom is -0.494 e. The number of rotatable bonds is 5. The highest BCUT2D eigenvalue weighted by molar-refractivity contribution is 6.03. The van der Waals surface area contributed by atoms with Gasteiger partial charge in [-0.3, -0.25) is 5.01 Å². The van der Waals surface area contributed by atoms with Crippen LogP contribution < -0.4 is 9.75 Å². The Bertz CT molecular complexity index is 873. The molecular formula is C23H22N2O. The minimum atomic E-state index is 0.208. The van der Waals surface area contributed by atoms with E-state index in [4.69, 9.17) is 9.84 Å². The maximum atomic E-state index is 5.55. The first-order valence-electron chi connectivity index (χ1n) is 9.05. The fourth-order valence-electron chi connectivity index (χ4n) is 3.35. The van der Waals surface area contributed by atoms with Crippen molar-refractivity contribution in [1.29, 1.82) is 0 Å². The number of benzene rings is 3. The van der Waals surface area contributed by atoms with Gasteiger partial charge in [0.2, 0.25) is 0 Å². The van der Waals surface area contributed by atoms with Gasteiger partial charge in [-0.2, -0.15) is 5.10 Å². The van der Waals surface area contributed by atoms with Gasteiger partial charge >= 0.3 is 0 Å². The van der Waals surface area contributed by atoms with Crippen molar-refractivity contribution in [2.45, 2.75) is 19.4 Å². The van der Waals surface area contributed by atoms with E-state index in [1.165, 1.54) is 5.56 Å². The maximum absolute atomic E-state index is 5.55. The van der Waals surface area contributed by atoms with Gasteiger partial charge in [0.1, 0.15) is 5.75 Å². The SMILES string of the molecule is CCOc1ccc(C2=NN(c3ccccc3)[C@H](c3ccccc3)C2)cc1. The number of nitrogens with zero attached hydrogens (tertiary/aromatic N) is 2. The predicted octanol–water partition coefficient (Wildman–Crippen LogP) is 5.44. The van der Waals surface area contributed by atoms with Crippen molar-refractivity contribution in [3.63, 3.8) is 0 Å². The van der Waals surface area contributed by atoms with E-state index >= 15 is 0 Å². The molecular weight excluding hydrogens is 320 g/mol. The van der Waals surface area contributed by atoms with Crippen molar-refractivity contribution >= 4 is 11.4 Å². The highest BCUT2D eigenvalue weighted by Crippen LogP contribution is 2.36. The smallest absolute Gasteiger partial charge is 0.119 e. The quantitative estimate of drug-likeness (QED) is 0.616. The van der Waals surface area contributed by atoms with Crippen molar-refractivity contribution in [3.05, 3.63) is 96.1 Å². The second kappa shape index (κ2) is 7.44. The zero-order valence-corrected chi connectivity index (χ0v) is 14.9. The largest absolute Gasteiger partial charge is 0.494 e. The van der Waals surface area contributed by atoms with Gasteiger partial charge < -0.3 is 4.74 Å². The molecule has 1 aliphatic heterocycles. The Hall–Kier alpha value is -3.07. The molecule has 0 aliphatic carbocycles. The van der Waals surface area contributed by atoms with E-state index in [1.807, 2.05) is 25.1 Å². The minimum absolute atomic E-state index is 0.208. The maximum Gasteiger partial charge on any atom is 0.119 e. The molecule has 3 heteroatoms. The molecule has 3 aromatic rings. The molecule has 1 atom stereocenters. The summed E-state index contributed by atoms with van der Waals surface area (Å²) in [5.74, 6) is 0.898. The summed E-state index contributed by atoms with van der Waals surface area (Å²) in [7, 11) is 0. The number of ether oxygens (including phenoxy) is 1. The molecule has 0 fully saturated rings. The molecule has 0 spiro atoms. The molecule has 1 aliphatic rings. The van der Waals surface area contributed by atoms with Crippen LogP contribution in [0.2, 0.25) is 0 Å². The average molecular weight is 342 g/mol. The molecule has 1 heterocycles. The summed E-state index contributed by atoms with van der Waals surface area (Å²) in [6.07, 6.45) is 0.882. The fourth-order valence-corrected chi connectivity index (χ4v) is 3.35. The van der Waals surface area contributed by atoms with Crippen LogP contribution in [0.25, 0.3) is 0 Å². The summed E-state index contributed by atoms with van der Waals surface area (Å²) in [4.78, 5) is 0. The van der Waals surface area contributed by atoms with E-state index < -0.39 is 0 Å². The molecule has 0 saturated heterocycles. The van der Waals surface area contributed by atoms with Crippen LogP contribution in [0, 0.1) is 0 Å². The molecule has 0 saturated carbocycles. The molecule has 4 rings (SSSR count). The summed E-state index contributed by atoms with van der Waals surface area (Å²) >= 11 is 0. The monoisotopic (exact) mass is 342 g/mol. The van der Waals surface area contributed by atoms with Crippen LogP contribution in [0.4, 0.5) is 5.69 Å². The first kappa shape index (κ1) is 16.4. The number of anilines is 1. The summed E-state index contributed by atoms with van der Waals surface area (Å²) in [6.45, 7) is 2.68.